The van der Waals surface area contributed by atoms with Crippen molar-refractivity contribution < 1.29 is 14.7 Å². The molecule has 78 valence electrons. The van der Waals surface area contributed by atoms with Gasteiger partial charge >= 0.3 is 6.03 Å². The number of carbonyl (C=O) groups is 2. The van der Waals surface area contributed by atoms with E-state index in [1.165, 1.54) is 12.1 Å². The summed E-state index contributed by atoms with van der Waals surface area (Å²) in [6.07, 6.45) is 2.49. The minimum absolute atomic E-state index is 0.0561. The molecule has 0 fully saturated rings. The highest BCUT2D eigenvalue weighted by atomic mass is 16.3. The van der Waals surface area contributed by atoms with Gasteiger partial charge in [0.05, 0.1) is 0 Å². The zero-order chi connectivity index (χ0) is 11.3. The van der Waals surface area contributed by atoms with E-state index in [9.17, 15) is 14.7 Å². The highest BCUT2D eigenvalue weighted by Crippen LogP contribution is 2.16. The molecule has 1 rings (SSSR count). The lowest BCUT2D eigenvalue weighted by Crippen LogP contribution is -2.33. The Balaban J connectivity index is 2.70. The summed E-state index contributed by atoms with van der Waals surface area (Å²) in [6, 6.07) is 5.58. The Morgan fingerprint density at radius 2 is 2.00 bits per heavy atom. The predicted molar refractivity (Wildman–Crippen MR) is 54.9 cm³/mol. The zero-order valence-corrected chi connectivity index (χ0v) is 7.81. The predicted octanol–water partition coefficient (Wildman–Crippen LogP) is 0.600. The number of nitrogens with two attached hydrogens (primary N) is 1. The number of rotatable bonds is 2. The second-order valence-corrected chi connectivity index (χ2v) is 2.75. The van der Waals surface area contributed by atoms with E-state index in [0.29, 0.717) is 5.56 Å². The van der Waals surface area contributed by atoms with E-state index in [4.69, 9.17) is 5.73 Å². The van der Waals surface area contributed by atoms with Crippen LogP contribution in [0.5, 0.6) is 5.75 Å². The number of aromatic hydroxyl groups is 1. The van der Waals surface area contributed by atoms with Crippen molar-refractivity contribution in [3.8, 4) is 5.75 Å². The van der Waals surface area contributed by atoms with E-state index >= 15 is 0 Å². The molecule has 0 atom stereocenters. The molecule has 0 spiro atoms. The van der Waals surface area contributed by atoms with Crippen molar-refractivity contribution in [2.75, 3.05) is 0 Å². The van der Waals surface area contributed by atoms with E-state index in [0.717, 1.165) is 6.08 Å². The van der Waals surface area contributed by atoms with Crippen molar-refractivity contribution in [1.82, 2.24) is 5.32 Å². The highest BCUT2D eigenvalue weighted by molar-refractivity contribution is 6.01. The fourth-order valence-electron chi connectivity index (χ4n) is 0.957. The van der Waals surface area contributed by atoms with Crippen LogP contribution in [0.2, 0.25) is 0 Å². The molecule has 0 aliphatic carbocycles. The third-order valence-electron chi connectivity index (χ3n) is 1.60. The topological polar surface area (TPSA) is 92.4 Å². The van der Waals surface area contributed by atoms with Crippen molar-refractivity contribution >= 4 is 18.0 Å². The normalized spacial score (nSPS) is 10.1. The Labute approximate surface area is 86.2 Å². The van der Waals surface area contributed by atoms with Gasteiger partial charge in [0, 0.05) is 11.6 Å². The first kappa shape index (κ1) is 10.8. The Morgan fingerprint density at radius 1 is 1.33 bits per heavy atom. The van der Waals surface area contributed by atoms with Gasteiger partial charge in [-0.3, -0.25) is 10.1 Å². The quantitative estimate of drug-likeness (QED) is 0.618. The molecule has 5 heteroatoms. The molecule has 1 aromatic carbocycles. The molecule has 0 radical (unpaired) electrons. The summed E-state index contributed by atoms with van der Waals surface area (Å²) in [7, 11) is 0. The van der Waals surface area contributed by atoms with Gasteiger partial charge in [-0.1, -0.05) is 18.2 Å². The summed E-state index contributed by atoms with van der Waals surface area (Å²) in [5.74, 6) is -0.577. The van der Waals surface area contributed by atoms with Crippen LogP contribution in [0.25, 0.3) is 6.08 Å². The van der Waals surface area contributed by atoms with Gasteiger partial charge in [-0.05, 0) is 12.1 Å². The average Bonchev–Trinajstić information content (AvgIpc) is 2.15. The first-order valence-electron chi connectivity index (χ1n) is 4.16. The number of amides is 3. The zero-order valence-electron chi connectivity index (χ0n) is 7.81. The molecule has 3 amide bonds. The van der Waals surface area contributed by atoms with Gasteiger partial charge in [-0.15, -0.1) is 0 Å². The summed E-state index contributed by atoms with van der Waals surface area (Å²) >= 11 is 0. The van der Waals surface area contributed by atoms with Crippen LogP contribution in [0.3, 0.4) is 0 Å². The Morgan fingerprint density at radius 3 is 2.60 bits per heavy atom. The summed E-state index contributed by atoms with van der Waals surface area (Å²) in [4.78, 5) is 21.3. The lowest BCUT2D eigenvalue weighted by Gasteiger charge is -1.97. The molecule has 0 aromatic heterocycles. The van der Waals surface area contributed by atoms with Crippen molar-refractivity contribution in [3.63, 3.8) is 0 Å². The molecular formula is C10H10N2O3. The number of urea groups is 1. The number of phenols is 1. The molecule has 0 unspecified atom stereocenters. The minimum atomic E-state index is -0.915. The maximum atomic E-state index is 11.0. The lowest BCUT2D eigenvalue weighted by molar-refractivity contribution is -0.115. The van der Waals surface area contributed by atoms with Crippen LogP contribution in [0, 0.1) is 0 Å². The molecule has 0 saturated carbocycles. The van der Waals surface area contributed by atoms with Gasteiger partial charge in [-0.25, -0.2) is 4.79 Å². The maximum absolute atomic E-state index is 11.0. The van der Waals surface area contributed by atoms with Gasteiger partial charge in [0.1, 0.15) is 5.75 Å². The second kappa shape index (κ2) is 4.80. The van der Waals surface area contributed by atoms with Gasteiger partial charge in [0.25, 0.3) is 5.91 Å². The molecule has 15 heavy (non-hydrogen) atoms. The number of hydrogen-bond donors (Lipinski definition) is 3. The number of benzene rings is 1. The molecular weight excluding hydrogens is 196 g/mol. The highest BCUT2D eigenvalue weighted by Gasteiger charge is 1.99. The monoisotopic (exact) mass is 206 g/mol. The number of carbonyl (C=O) groups excluding carboxylic acids is 2. The number of primary amides is 1. The Kier molecular flexibility index (Phi) is 3.45. The van der Waals surface area contributed by atoms with E-state index < -0.39 is 11.9 Å². The van der Waals surface area contributed by atoms with Crippen LogP contribution in [0.4, 0.5) is 4.79 Å². The number of phenolic OH excluding ortho intramolecular Hbond substituents is 1. The van der Waals surface area contributed by atoms with Crippen molar-refractivity contribution in [2.45, 2.75) is 0 Å². The van der Waals surface area contributed by atoms with Crippen LogP contribution >= 0.6 is 0 Å². The Bertz CT molecular complexity index is 413. The SMILES string of the molecule is NC(=O)NC(=O)/C=C/c1ccccc1O. The summed E-state index contributed by atoms with van der Waals surface area (Å²) < 4.78 is 0. The van der Waals surface area contributed by atoms with Crippen molar-refractivity contribution in [2.24, 2.45) is 5.73 Å². The van der Waals surface area contributed by atoms with Crippen LogP contribution in [-0.4, -0.2) is 17.0 Å². The summed E-state index contributed by atoms with van der Waals surface area (Å²) in [5.41, 5.74) is 5.22. The molecule has 0 aliphatic rings. The summed E-state index contributed by atoms with van der Waals surface area (Å²) in [6.45, 7) is 0. The standard InChI is InChI=1S/C10H10N2O3/c11-10(15)12-9(14)6-5-7-3-1-2-4-8(7)13/h1-6,13H,(H3,11,12,14,15)/b6-5+. The fourth-order valence-corrected chi connectivity index (χ4v) is 0.957. The molecule has 1 aromatic rings. The third-order valence-corrected chi connectivity index (χ3v) is 1.60. The smallest absolute Gasteiger partial charge is 0.319 e. The molecule has 0 saturated heterocycles. The average molecular weight is 206 g/mol. The Hall–Kier alpha value is -2.30. The first-order valence-corrected chi connectivity index (χ1v) is 4.16. The third kappa shape index (κ3) is 3.51. The molecule has 5 nitrogen and oxygen atoms in total. The number of imide groups is 1. The number of hydrogen-bond acceptors (Lipinski definition) is 3. The van der Waals surface area contributed by atoms with E-state index in [-0.39, 0.29) is 5.75 Å². The van der Waals surface area contributed by atoms with Crippen LogP contribution in [0.15, 0.2) is 30.3 Å². The molecule has 0 heterocycles. The van der Waals surface area contributed by atoms with Crippen LogP contribution in [0.1, 0.15) is 5.56 Å². The van der Waals surface area contributed by atoms with Gasteiger partial charge in [0.2, 0.25) is 0 Å². The minimum Gasteiger partial charge on any atom is -0.507 e. The van der Waals surface area contributed by atoms with E-state index in [2.05, 4.69) is 0 Å². The maximum Gasteiger partial charge on any atom is 0.319 e. The lowest BCUT2D eigenvalue weighted by atomic mass is 10.2. The van der Waals surface area contributed by atoms with Crippen LogP contribution in [-0.2, 0) is 4.79 Å². The largest absolute Gasteiger partial charge is 0.507 e. The van der Waals surface area contributed by atoms with Crippen LogP contribution < -0.4 is 11.1 Å². The van der Waals surface area contributed by atoms with Crippen molar-refractivity contribution in [1.29, 1.82) is 0 Å². The number of para-hydroxylation sites is 1. The fraction of sp³-hybridized carbons (Fsp3) is 0. The second-order valence-electron chi connectivity index (χ2n) is 2.75. The van der Waals surface area contributed by atoms with Gasteiger partial charge in [0.15, 0.2) is 0 Å². The summed E-state index contributed by atoms with van der Waals surface area (Å²) in [5, 5.41) is 11.2. The van der Waals surface area contributed by atoms with E-state index in [1.807, 2.05) is 5.32 Å². The first-order chi connectivity index (χ1) is 7.09. The van der Waals surface area contributed by atoms with Gasteiger partial charge < -0.3 is 10.8 Å². The number of nitrogens with one attached hydrogen (secondary N) is 1. The van der Waals surface area contributed by atoms with Gasteiger partial charge in [-0.2, -0.15) is 0 Å². The molecule has 4 N–H and O–H groups in total. The molecule has 0 bridgehead atoms. The molecule has 0 aliphatic heterocycles. The van der Waals surface area contributed by atoms with E-state index in [1.54, 1.807) is 18.2 Å². The van der Waals surface area contributed by atoms with Crippen molar-refractivity contribution in [3.05, 3.63) is 35.9 Å².